The normalized spacial score (nSPS) is 18.6. The molecule has 0 saturated heterocycles. The van der Waals surface area contributed by atoms with Crippen molar-refractivity contribution in [1.82, 2.24) is 0 Å². The lowest BCUT2D eigenvalue weighted by Gasteiger charge is -2.10. The number of Topliss-reactive ketones (excluding diaryl/α,β-unsaturated/α-hetero) is 1. The molecule has 0 bridgehead atoms. The van der Waals surface area contributed by atoms with Gasteiger partial charge in [0.15, 0.2) is 0 Å². The number of nitro groups is 1. The van der Waals surface area contributed by atoms with E-state index >= 15 is 0 Å². The number of nitrogens with zero attached hydrogens (tertiary/aromatic N) is 1. The van der Waals surface area contributed by atoms with E-state index in [4.69, 9.17) is 4.74 Å². The Morgan fingerprint density at radius 3 is 2.84 bits per heavy atom. The number of carbonyl (C=O) groups is 1. The third-order valence-electron chi connectivity index (χ3n) is 3.23. The summed E-state index contributed by atoms with van der Waals surface area (Å²) in [5, 5.41) is 10.7. The number of rotatable bonds is 5. The lowest BCUT2D eigenvalue weighted by atomic mass is 10.0. The Balaban J connectivity index is 1.92. The van der Waals surface area contributed by atoms with Gasteiger partial charge in [-0.2, -0.15) is 0 Å². The summed E-state index contributed by atoms with van der Waals surface area (Å²) in [6.45, 7) is 0.407. The maximum Gasteiger partial charge on any atom is 0.274 e. The van der Waals surface area contributed by atoms with Crippen molar-refractivity contribution < 1.29 is 14.5 Å². The lowest BCUT2D eigenvalue weighted by molar-refractivity contribution is -0.385. The van der Waals surface area contributed by atoms with Crippen molar-refractivity contribution in [1.29, 1.82) is 0 Å². The van der Waals surface area contributed by atoms with Crippen LogP contribution in [-0.4, -0.2) is 17.3 Å². The summed E-state index contributed by atoms with van der Waals surface area (Å²) in [4.78, 5) is 21.7. The molecule has 0 amide bonds. The van der Waals surface area contributed by atoms with Crippen molar-refractivity contribution in [2.24, 2.45) is 5.92 Å². The Bertz CT molecular complexity index is 503. The second kappa shape index (κ2) is 6.14. The van der Waals surface area contributed by atoms with Crippen LogP contribution < -0.4 is 4.74 Å². The van der Waals surface area contributed by atoms with Crippen molar-refractivity contribution in [2.75, 3.05) is 6.61 Å². The number of ether oxygens (including phenoxy) is 1. The predicted molar refractivity (Wildman–Crippen MR) is 73.3 cm³/mol. The van der Waals surface area contributed by atoms with Gasteiger partial charge in [0.05, 0.1) is 17.6 Å². The minimum atomic E-state index is -0.460. The molecular formula is C13H14BrNO4. The van der Waals surface area contributed by atoms with Crippen molar-refractivity contribution in [3.63, 3.8) is 0 Å². The zero-order valence-electron chi connectivity index (χ0n) is 10.3. The molecule has 6 heteroatoms. The first-order chi connectivity index (χ1) is 9.06. The van der Waals surface area contributed by atoms with E-state index in [0.717, 1.165) is 12.8 Å². The number of ketones is 1. The van der Waals surface area contributed by atoms with Crippen LogP contribution in [0.3, 0.4) is 0 Å². The highest BCUT2D eigenvalue weighted by Crippen LogP contribution is 2.28. The molecule has 2 rings (SSSR count). The molecule has 1 atom stereocenters. The van der Waals surface area contributed by atoms with Gasteiger partial charge < -0.3 is 4.74 Å². The van der Waals surface area contributed by atoms with Gasteiger partial charge in [-0.25, -0.2) is 0 Å². The van der Waals surface area contributed by atoms with Crippen molar-refractivity contribution in [3.8, 4) is 5.75 Å². The molecule has 0 radical (unpaired) electrons. The highest BCUT2D eigenvalue weighted by Gasteiger charge is 2.23. The number of hydrogen-bond acceptors (Lipinski definition) is 4. The predicted octanol–water partition coefficient (Wildman–Crippen LogP) is 3.50. The Morgan fingerprint density at radius 2 is 2.21 bits per heavy atom. The zero-order chi connectivity index (χ0) is 13.8. The van der Waals surface area contributed by atoms with Crippen molar-refractivity contribution >= 4 is 27.4 Å². The van der Waals surface area contributed by atoms with Crippen LogP contribution in [0, 0.1) is 16.0 Å². The van der Waals surface area contributed by atoms with Crippen LogP contribution in [0.1, 0.15) is 25.7 Å². The quantitative estimate of drug-likeness (QED) is 0.613. The largest absolute Gasteiger partial charge is 0.493 e. The molecule has 1 aliphatic rings. The summed E-state index contributed by atoms with van der Waals surface area (Å²) >= 11 is 3.21. The molecule has 1 aromatic carbocycles. The van der Waals surface area contributed by atoms with E-state index in [9.17, 15) is 14.9 Å². The van der Waals surface area contributed by atoms with Gasteiger partial charge in [-0.05, 0) is 25.3 Å². The average molecular weight is 328 g/mol. The van der Waals surface area contributed by atoms with Crippen LogP contribution in [0.25, 0.3) is 0 Å². The van der Waals surface area contributed by atoms with E-state index in [2.05, 4.69) is 15.9 Å². The third kappa shape index (κ3) is 3.76. The van der Waals surface area contributed by atoms with Gasteiger partial charge in [0.1, 0.15) is 11.5 Å². The summed E-state index contributed by atoms with van der Waals surface area (Å²) in [7, 11) is 0. The number of carbonyl (C=O) groups excluding carboxylic acids is 1. The van der Waals surface area contributed by atoms with Crippen LogP contribution in [0.2, 0.25) is 0 Å². The summed E-state index contributed by atoms with van der Waals surface area (Å²) in [5.74, 6) is 0.859. The summed E-state index contributed by atoms with van der Waals surface area (Å²) in [5.41, 5.74) is -0.0127. The molecular weight excluding hydrogens is 314 g/mol. The molecule has 1 unspecified atom stereocenters. The Labute approximate surface area is 119 Å². The fraction of sp³-hybridized carbons (Fsp3) is 0.462. The van der Waals surface area contributed by atoms with Crippen LogP contribution in [-0.2, 0) is 4.79 Å². The smallest absolute Gasteiger partial charge is 0.274 e. The first-order valence-corrected chi connectivity index (χ1v) is 6.96. The Morgan fingerprint density at radius 1 is 1.42 bits per heavy atom. The van der Waals surface area contributed by atoms with E-state index in [0.29, 0.717) is 35.5 Å². The second-order valence-electron chi connectivity index (χ2n) is 4.59. The summed E-state index contributed by atoms with van der Waals surface area (Å²) in [6.07, 6.45) is 3.25. The number of non-ortho nitro benzene ring substituents is 1. The number of halogens is 1. The fourth-order valence-electron chi connectivity index (χ4n) is 2.25. The van der Waals surface area contributed by atoms with Gasteiger partial charge in [0.25, 0.3) is 5.69 Å². The van der Waals surface area contributed by atoms with Gasteiger partial charge in [-0.3, -0.25) is 14.9 Å². The monoisotopic (exact) mass is 327 g/mol. The van der Waals surface area contributed by atoms with Gasteiger partial charge in [-0.1, -0.05) is 15.9 Å². The van der Waals surface area contributed by atoms with E-state index in [1.54, 1.807) is 6.07 Å². The van der Waals surface area contributed by atoms with E-state index < -0.39 is 4.92 Å². The average Bonchev–Trinajstić information content (AvgIpc) is 2.74. The standard InChI is InChI=1S/C13H14BrNO4/c14-10-6-11(15(17)18)8-12(7-10)19-5-4-9-2-1-3-13(9)16/h6-9H,1-5H2. The minimum absolute atomic E-state index is 0.0127. The lowest BCUT2D eigenvalue weighted by Crippen LogP contribution is -2.11. The van der Waals surface area contributed by atoms with Crippen LogP contribution in [0.15, 0.2) is 22.7 Å². The van der Waals surface area contributed by atoms with Crippen LogP contribution >= 0.6 is 15.9 Å². The Hall–Kier alpha value is -1.43. The number of benzene rings is 1. The number of nitro benzene ring substituents is 1. The topological polar surface area (TPSA) is 69.4 Å². The minimum Gasteiger partial charge on any atom is -0.493 e. The molecule has 0 aromatic heterocycles. The molecule has 5 nitrogen and oxygen atoms in total. The molecule has 19 heavy (non-hydrogen) atoms. The fourth-order valence-corrected chi connectivity index (χ4v) is 2.71. The first-order valence-electron chi connectivity index (χ1n) is 6.17. The molecule has 102 valence electrons. The van der Waals surface area contributed by atoms with Crippen LogP contribution in [0.5, 0.6) is 5.75 Å². The van der Waals surface area contributed by atoms with E-state index in [1.165, 1.54) is 12.1 Å². The SMILES string of the molecule is O=C1CCCC1CCOc1cc(Br)cc([N+](=O)[O-])c1. The molecule has 1 saturated carbocycles. The maximum absolute atomic E-state index is 11.5. The molecule has 0 N–H and O–H groups in total. The first kappa shape index (κ1) is 14.0. The molecule has 1 fully saturated rings. The third-order valence-corrected chi connectivity index (χ3v) is 3.69. The molecule has 1 aromatic rings. The maximum atomic E-state index is 11.5. The van der Waals surface area contributed by atoms with Gasteiger partial charge >= 0.3 is 0 Å². The van der Waals surface area contributed by atoms with Crippen molar-refractivity contribution in [3.05, 3.63) is 32.8 Å². The highest BCUT2D eigenvalue weighted by atomic mass is 79.9. The van der Waals surface area contributed by atoms with Gasteiger partial charge in [0.2, 0.25) is 0 Å². The zero-order valence-corrected chi connectivity index (χ0v) is 11.9. The second-order valence-corrected chi connectivity index (χ2v) is 5.51. The summed E-state index contributed by atoms with van der Waals surface area (Å²) < 4.78 is 6.11. The van der Waals surface area contributed by atoms with Gasteiger partial charge in [-0.15, -0.1) is 0 Å². The van der Waals surface area contributed by atoms with Crippen molar-refractivity contribution in [2.45, 2.75) is 25.7 Å². The Kier molecular flexibility index (Phi) is 4.52. The van der Waals surface area contributed by atoms with E-state index in [1.807, 2.05) is 0 Å². The molecule has 0 spiro atoms. The molecule has 1 aliphatic carbocycles. The van der Waals surface area contributed by atoms with E-state index in [-0.39, 0.29) is 11.6 Å². The number of hydrogen-bond donors (Lipinski definition) is 0. The summed E-state index contributed by atoms with van der Waals surface area (Å²) in [6, 6.07) is 4.50. The van der Waals surface area contributed by atoms with Gasteiger partial charge in [0, 0.05) is 22.9 Å². The van der Waals surface area contributed by atoms with Crippen LogP contribution in [0.4, 0.5) is 5.69 Å². The molecule has 0 heterocycles. The highest BCUT2D eigenvalue weighted by molar-refractivity contribution is 9.10. The molecule has 0 aliphatic heterocycles.